The van der Waals surface area contributed by atoms with Gasteiger partial charge in [-0.3, -0.25) is 4.79 Å². The molecule has 0 saturated heterocycles. The molecule has 8 heavy (non-hydrogen) atoms. The van der Waals surface area contributed by atoms with Crippen molar-refractivity contribution >= 4 is 32.8 Å². The van der Waals surface area contributed by atoms with Gasteiger partial charge in [-0.2, -0.15) is 0 Å². The molecule has 0 aromatic carbocycles. The fraction of sp³-hybridized carbons (Fsp3) is 0.750. The van der Waals surface area contributed by atoms with Crippen molar-refractivity contribution in [3.05, 3.63) is 0 Å². The second-order valence-corrected chi connectivity index (χ2v) is 2.41. The average molecular weight is 203 g/mol. The van der Waals surface area contributed by atoms with Crippen LogP contribution in [0.5, 0.6) is 0 Å². The van der Waals surface area contributed by atoms with E-state index in [9.17, 15) is 9.18 Å². The molecule has 0 aliphatic heterocycles. The summed E-state index contributed by atoms with van der Waals surface area (Å²) in [5.74, 6) is 0. The fourth-order valence-corrected chi connectivity index (χ4v) is 0.720. The molecule has 48 valence electrons. The Hall–Kier alpha value is 0.370. The Labute approximate surface area is 60.3 Å². The van der Waals surface area contributed by atoms with E-state index in [-0.39, 0.29) is 6.42 Å². The van der Waals surface area contributed by atoms with Gasteiger partial charge in [0.25, 0.3) is 5.24 Å². The quantitative estimate of drug-likeness (QED) is 0.506. The minimum atomic E-state index is -1.50. The third kappa shape index (κ3) is 3.38. The first-order chi connectivity index (χ1) is 3.68. The number of alkyl halides is 2. The normalized spacial score (nSPS) is 13.4. The zero-order chi connectivity index (χ0) is 6.57. The second kappa shape index (κ2) is 4.27. The van der Waals surface area contributed by atoms with Gasteiger partial charge in [-0.05, 0) is 18.0 Å². The number of hydrogen-bond acceptors (Lipinski definition) is 1. The van der Waals surface area contributed by atoms with Gasteiger partial charge in [0.15, 0.2) is 6.17 Å². The zero-order valence-electron chi connectivity index (χ0n) is 4.03. The van der Waals surface area contributed by atoms with E-state index in [4.69, 9.17) is 11.6 Å². The number of halogens is 3. The SMILES string of the molecule is O=C(Cl)C(F)CCBr. The van der Waals surface area contributed by atoms with Gasteiger partial charge < -0.3 is 0 Å². The first-order valence-corrected chi connectivity index (χ1v) is 3.57. The van der Waals surface area contributed by atoms with E-state index in [0.29, 0.717) is 5.33 Å². The first-order valence-electron chi connectivity index (χ1n) is 2.08. The van der Waals surface area contributed by atoms with Crippen LogP contribution in [0.2, 0.25) is 0 Å². The maximum absolute atomic E-state index is 12.0. The fourth-order valence-electron chi connectivity index (χ4n) is 0.209. The molecule has 0 aliphatic carbocycles. The van der Waals surface area contributed by atoms with Crippen LogP contribution in [-0.4, -0.2) is 16.7 Å². The van der Waals surface area contributed by atoms with E-state index >= 15 is 0 Å². The molecule has 4 heteroatoms. The van der Waals surface area contributed by atoms with Gasteiger partial charge in [0.05, 0.1) is 0 Å². The van der Waals surface area contributed by atoms with Crippen molar-refractivity contribution in [3.8, 4) is 0 Å². The Kier molecular flexibility index (Phi) is 4.47. The van der Waals surface area contributed by atoms with E-state index in [1.165, 1.54) is 0 Å². The predicted molar refractivity (Wildman–Crippen MR) is 34.2 cm³/mol. The highest BCUT2D eigenvalue weighted by atomic mass is 79.9. The monoisotopic (exact) mass is 202 g/mol. The van der Waals surface area contributed by atoms with Crippen LogP contribution in [0, 0.1) is 0 Å². The molecular formula is C4H5BrClFO. The standard InChI is InChI=1S/C4H5BrClFO/c5-2-1-3(7)4(6)8/h3H,1-2H2. The first kappa shape index (κ1) is 8.37. The summed E-state index contributed by atoms with van der Waals surface area (Å²) in [6.07, 6.45) is -1.35. The van der Waals surface area contributed by atoms with Gasteiger partial charge in [-0.15, -0.1) is 0 Å². The lowest BCUT2D eigenvalue weighted by atomic mass is 10.3. The number of carbonyl (C=O) groups excluding carboxylic acids is 1. The minimum Gasteiger partial charge on any atom is -0.278 e. The van der Waals surface area contributed by atoms with Crippen LogP contribution in [0.3, 0.4) is 0 Å². The van der Waals surface area contributed by atoms with Crippen LogP contribution < -0.4 is 0 Å². The van der Waals surface area contributed by atoms with E-state index in [0.717, 1.165) is 0 Å². The maximum Gasteiger partial charge on any atom is 0.255 e. The number of carbonyl (C=O) groups is 1. The molecule has 0 aromatic heterocycles. The second-order valence-electron chi connectivity index (χ2n) is 1.25. The smallest absolute Gasteiger partial charge is 0.255 e. The summed E-state index contributed by atoms with van der Waals surface area (Å²) >= 11 is 7.74. The summed E-state index contributed by atoms with van der Waals surface area (Å²) in [6.45, 7) is 0. The molecule has 0 bridgehead atoms. The Morgan fingerprint density at radius 2 is 2.38 bits per heavy atom. The molecule has 1 nitrogen and oxygen atoms in total. The van der Waals surface area contributed by atoms with Crippen LogP contribution >= 0.6 is 27.5 Å². The van der Waals surface area contributed by atoms with E-state index in [1.54, 1.807) is 0 Å². The Morgan fingerprint density at radius 1 is 1.88 bits per heavy atom. The molecule has 0 aliphatic rings. The van der Waals surface area contributed by atoms with Gasteiger partial charge in [0, 0.05) is 5.33 Å². The number of hydrogen-bond donors (Lipinski definition) is 0. The van der Waals surface area contributed by atoms with Gasteiger partial charge >= 0.3 is 0 Å². The largest absolute Gasteiger partial charge is 0.278 e. The highest BCUT2D eigenvalue weighted by molar-refractivity contribution is 9.09. The molecule has 0 N–H and O–H groups in total. The zero-order valence-corrected chi connectivity index (χ0v) is 6.38. The highest BCUT2D eigenvalue weighted by Crippen LogP contribution is 2.03. The van der Waals surface area contributed by atoms with E-state index in [1.807, 2.05) is 0 Å². The lowest BCUT2D eigenvalue weighted by molar-refractivity contribution is -0.116. The van der Waals surface area contributed by atoms with Crippen molar-refractivity contribution in [1.82, 2.24) is 0 Å². The molecule has 1 unspecified atom stereocenters. The highest BCUT2D eigenvalue weighted by Gasteiger charge is 2.11. The van der Waals surface area contributed by atoms with Crippen molar-refractivity contribution < 1.29 is 9.18 Å². The van der Waals surface area contributed by atoms with Crippen LogP contribution in [0.4, 0.5) is 4.39 Å². The Morgan fingerprint density at radius 3 is 2.50 bits per heavy atom. The molecule has 0 spiro atoms. The van der Waals surface area contributed by atoms with Crippen molar-refractivity contribution in [2.45, 2.75) is 12.6 Å². The lowest BCUT2D eigenvalue weighted by Gasteiger charge is -1.95. The van der Waals surface area contributed by atoms with Crippen LogP contribution in [0.25, 0.3) is 0 Å². The number of rotatable bonds is 3. The van der Waals surface area contributed by atoms with Crippen LogP contribution in [-0.2, 0) is 4.79 Å². The summed E-state index contributed by atoms with van der Waals surface area (Å²) in [5.41, 5.74) is 0. The van der Waals surface area contributed by atoms with Crippen molar-refractivity contribution in [3.63, 3.8) is 0 Å². The van der Waals surface area contributed by atoms with Gasteiger partial charge in [-0.25, -0.2) is 4.39 Å². The minimum absolute atomic E-state index is 0.155. The van der Waals surface area contributed by atoms with Gasteiger partial charge in [0.1, 0.15) is 0 Å². The van der Waals surface area contributed by atoms with Crippen molar-refractivity contribution in [2.75, 3.05) is 5.33 Å². The molecule has 0 radical (unpaired) electrons. The summed E-state index contributed by atoms with van der Waals surface area (Å²) < 4.78 is 12.0. The molecule has 0 heterocycles. The topological polar surface area (TPSA) is 17.1 Å². The predicted octanol–water partition coefficient (Wildman–Crippen LogP) is 1.87. The molecular weight excluding hydrogens is 198 g/mol. The van der Waals surface area contributed by atoms with Gasteiger partial charge in [0.2, 0.25) is 0 Å². The van der Waals surface area contributed by atoms with Gasteiger partial charge in [-0.1, -0.05) is 15.9 Å². The maximum atomic E-state index is 12.0. The van der Waals surface area contributed by atoms with Crippen molar-refractivity contribution in [1.29, 1.82) is 0 Å². The Bertz CT molecular complexity index is 88.1. The molecule has 0 rings (SSSR count). The molecule has 0 aromatic rings. The molecule has 1 atom stereocenters. The molecule has 0 fully saturated rings. The third-order valence-electron chi connectivity index (χ3n) is 0.609. The summed E-state index contributed by atoms with van der Waals surface area (Å²) in [4.78, 5) is 9.90. The molecule has 0 amide bonds. The summed E-state index contributed by atoms with van der Waals surface area (Å²) in [5, 5.41) is -0.448. The summed E-state index contributed by atoms with van der Waals surface area (Å²) in [6, 6.07) is 0. The third-order valence-corrected chi connectivity index (χ3v) is 1.30. The van der Waals surface area contributed by atoms with Crippen molar-refractivity contribution in [2.24, 2.45) is 0 Å². The van der Waals surface area contributed by atoms with Crippen LogP contribution in [0.15, 0.2) is 0 Å². The Balaban J connectivity index is 3.32. The van der Waals surface area contributed by atoms with E-state index < -0.39 is 11.4 Å². The van der Waals surface area contributed by atoms with E-state index in [2.05, 4.69) is 15.9 Å². The average Bonchev–Trinajstić information content (AvgIpc) is 1.67. The van der Waals surface area contributed by atoms with Crippen LogP contribution in [0.1, 0.15) is 6.42 Å². The molecule has 0 saturated carbocycles. The lowest BCUT2D eigenvalue weighted by Crippen LogP contribution is -2.08. The summed E-state index contributed by atoms with van der Waals surface area (Å²) in [7, 11) is 0.